The Balaban J connectivity index is 2.06. The molecule has 0 bridgehead atoms. The molecule has 104 valence electrons. The molecule has 2 aliphatic rings. The first-order chi connectivity index (χ1) is 8.83. The summed E-state index contributed by atoms with van der Waals surface area (Å²) in [7, 11) is -1.97. The van der Waals surface area contributed by atoms with E-state index >= 15 is 0 Å². The van der Waals surface area contributed by atoms with Gasteiger partial charge in [-0.1, -0.05) is 11.8 Å². The van der Waals surface area contributed by atoms with Crippen LogP contribution in [0.5, 0.6) is 0 Å². The van der Waals surface area contributed by atoms with E-state index in [1.165, 1.54) is 0 Å². The molecule has 0 atom stereocenters. The number of aliphatic hydroxyl groups is 2. The fraction of sp³-hybridized carbons (Fsp3) is 0.750. The predicted molar refractivity (Wildman–Crippen MR) is 79.9 cm³/mol. The molecule has 19 heavy (non-hydrogen) atoms. The van der Waals surface area contributed by atoms with Gasteiger partial charge in [0, 0.05) is 0 Å². The highest BCUT2D eigenvalue weighted by molar-refractivity contribution is 6.92. The predicted octanol–water partition coefficient (Wildman–Crippen LogP) is 2.39. The fourth-order valence-corrected chi connectivity index (χ4v) is 3.90. The first-order valence-electron chi connectivity index (χ1n) is 7.36. The summed E-state index contributed by atoms with van der Waals surface area (Å²) in [5, 5.41) is 20.5. The lowest BCUT2D eigenvalue weighted by Gasteiger charge is -2.16. The molecule has 2 N–H and O–H groups in total. The largest absolute Gasteiger partial charge is 0.378 e. The molecule has 2 saturated carbocycles. The summed E-state index contributed by atoms with van der Waals surface area (Å²) >= 11 is 0. The van der Waals surface area contributed by atoms with Crippen molar-refractivity contribution in [1.82, 2.24) is 0 Å². The van der Waals surface area contributed by atoms with Gasteiger partial charge in [-0.15, -0.1) is 11.1 Å². The Bertz CT molecular complexity index is 405. The minimum atomic E-state index is -1.97. The summed E-state index contributed by atoms with van der Waals surface area (Å²) in [4.78, 5) is 0. The van der Waals surface area contributed by atoms with Gasteiger partial charge in [0.25, 0.3) is 0 Å². The Labute approximate surface area is 117 Å². The van der Waals surface area contributed by atoms with Crippen LogP contribution in [-0.2, 0) is 0 Å². The van der Waals surface area contributed by atoms with Crippen LogP contribution in [0.4, 0.5) is 0 Å². The van der Waals surface area contributed by atoms with Crippen molar-refractivity contribution in [2.75, 3.05) is 0 Å². The maximum Gasteiger partial charge on any atom is 0.211 e. The Kier molecular flexibility index (Phi) is 4.11. The molecule has 0 aromatic rings. The van der Waals surface area contributed by atoms with Crippen molar-refractivity contribution in [3.8, 4) is 22.9 Å². The second kappa shape index (κ2) is 5.33. The van der Waals surface area contributed by atoms with Gasteiger partial charge in [0.2, 0.25) is 8.07 Å². The zero-order valence-corrected chi connectivity index (χ0v) is 13.1. The molecule has 3 heteroatoms. The van der Waals surface area contributed by atoms with Crippen molar-refractivity contribution >= 4 is 8.07 Å². The second-order valence-electron chi connectivity index (χ2n) is 6.60. The van der Waals surface area contributed by atoms with Crippen molar-refractivity contribution < 1.29 is 10.2 Å². The van der Waals surface area contributed by atoms with Crippen LogP contribution >= 0.6 is 0 Å². The van der Waals surface area contributed by atoms with E-state index in [1.54, 1.807) is 0 Å². The number of rotatable bonds is 0. The van der Waals surface area contributed by atoms with E-state index in [-0.39, 0.29) is 0 Å². The second-order valence-corrected chi connectivity index (χ2v) is 10.4. The summed E-state index contributed by atoms with van der Waals surface area (Å²) in [6.07, 6.45) is 7.45. The summed E-state index contributed by atoms with van der Waals surface area (Å²) in [5.74, 6) is 6.14. The maximum atomic E-state index is 10.2. The maximum absolute atomic E-state index is 10.2. The Morgan fingerprint density at radius 1 is 0.737 bits per heavy atom. The monoisotopic (exact) mass is 276 g/mol. The smallest absolute Gasteiger partial charge is 0.211 e. The molecule has 0 saturated heterocycles. The molecule has 0 aromatic carbocycles. The van der Waals surface area contributed by atoms with Gasteiger partial charge in [-0.05, 0) is 64.5 Å². The molecular formula is C16H24O2Si. The first kappa shape index (κ1) is 14.7. The van der Waals surface area contributed by atoms with Crippen LogP contribution in [0, 0.1) is 22.9 Å². The van der Waals surface area contributed by atoms with Gasteiger partial charge >= 0.3 is 0 Å². The molecule has 0 aromatic heterocycles. The van der Waals surface area contributed by atoms with Crippen LogP contribution in [0.3, 0.4) is 0 Å². The van der Waals surface area contributed by atoms with Gasteiger partial charge in [-0.25, -0.2) is 0 Å². The number of hydrogen-bond donors (Lipinski definition) is 2. The van der Waals surface area contributed by atoms with E-state index in [0.29, 0.717) is 0 Å². The van der Waals surface area contributed by atoms with Crippen molar-refractivity contribution in [2.45, 2.75) is 75.7 Å². The molecule has 2 fully saturated rings. The highest BCUT2D eigenvalue weighted by Gasteiger charge is 2.31. The molecule has 0 radical (unpaired) electrons. The van der Waals surface area contributed by atoms with Gasteiger partial charge in [0.15, 0.2) is 0 Å². The summed E-state index contributed by atoms with van der Waals surface area (Å²) < 4.78 is 0. The first-order valence-corrected chi connectivity index (χ1v) is 10.4. The zero-order valence-electron chi connectivity index (χ0n) is 12.1. The zero-order chi connectivity index (χ0) is 14.0. The molecule has 0 amide bonds. The van der Waals surface area contributed by atoms with E-state index < -0.39 is 19.3 Å². The molecule has 2 rings (SSSR count). The normalized spacial score (nSPS) is 24.2. The molecule has 0 unspecified atom stereocenters. The lowest BCUT2D eigenvalue weighted by Crippen LogP contribution is -2.28. The lowest BCUT2D eigenvalue weighted by molar-refractivity contribution is 0.109. The van der Waals surface area contributed by atoms with E-state index in [9.17, 15) is 10.2 Å². The average molecular weight is 276 g/mol. The van der Waals surface area contributed by atoms with Crippen LogP contribution < -0.4 is 0 Å². The quantitative estimate of drug-likeness (QED) is 0.527. The van der Waals surface area contributed by atoms with Gasteiger partial charge in [-0.2, -0.15) is 0 Å². The van der Waals surface area contributed by atoms with Crippen molar-refractivity contribution in [1.29, 1.82) is 0 Å². The third-order valence-electron chi connectivity index (χ3n) is 4.08. The van der Waals surface area contributed by atoms with Crippen LogP contribution in [0.15, 0.2) is 0 Å². The van der Waals surface area contributed by atoms with Gasteiger partial charge < -0.3 is 10.2 Å². The molecule has 0 heterocycles. The van der Waals surface area contributed by atoms with E-state index in [0.717, 1.165) is 51.4 Å². The Morgan fingerprint density at radius 3 is 1.37 bits per heavy atom. The minimum absolute atomic E-state index is 0.768. The van der Waals surface area contributed by atoms with E-state index in [2.05, 4.69) is 36.0 Å². The average Bonchev–Trinajstić information content (AvgIpc) is 2.96. The summed E-state index contributed by atoms with van der Waals surface area (Å²) in [6, 6.07) is 0. The topological polar surface area (TPSA) is 40.5 Å². The van der Waals surface area contributed by atoms with E-state index in [1.807, 2.05) is 0 Å². The highest BCUT2D eigenvalue weighted by Crippen LogP contribution is 2.29. The molecule has 0 spiro atoms. The van der Waals surface area contributed by atoms with E-state index in [4.69, 9.17) is 0 Å². The highest BCUT2D eigenvalue weighted by atomic mass is 28.3. The van der Waals surface area contributed by atoms with Gasteiger partial charge in [0.05, 0.1) is 0 Å². The van der Waals surface area contributed by atoms with Crippen LogP contribution in [-0.4, -0.2) is 29.5 Å². The van der Waals surface area contributed by atoms with Gasteiger partial charge in [-0.3, -0.25) is 0 Å². The molecule has 2 aliphatic carbocycles. The van der Waals surface area contributed by atoms with Crippen LogP contribution in [0.1, 0.15) is 51.4 Å². The Hall–Kier alpha value is -0.743. The minimum Gasteiger partial charge on any atom is -0.378 e. The Morgan fingerprint density at radius 2 is 1.05 bits per heavy atom. The van der Waals surface area contributed by atoms with Gasteiger partial charge in [0.1, 0.15) is 11.2 Å². The fourth-order valence-electron chi connectivity index (χ4n) is 2.75. The standard InChI is InChI=1S/C16H24O2Si/c1-19(2,13-11-15(17)7-3-4-8-15)14-12-16(18)9-5-6-10-16/h17-18H,3-10H2,1-2H3. The van der Waals surface area contributed by atoms with Crippen LogP contribution in [0.2, 0.25) is 13.1 Å². The number of hydrogen-bond acceptors (Lipinski definition) is 2. The van der Waals surface area contributed by atoms with Crippen LogP contribution in [0.25, 0.3) is 0 Å². The third kappa shape index (κ3) is 4.11. The molecule has 2 nitrogen and oxygen atoms in total. The third-order valence-corrected chi connectivity index (χ3v) is 5.58. The van der Waals surface area contributed by atoms with Crippen molar-refractivity contribution in [2.24, 2.45) is 0 Å². The van der Waals surface area contributed by atoms with Crippen molar-refractivity contribution in [3.63, 3.8) is 0 Å². The SMILES string of the molecule is C[Si](C)(C#CC1(O)CCCC1)C#CC1(O)CCCC1. The molecule has 0 aliphatic heterocycles. The van der Waals surface area contributed by atoms with Crippen molar-refractivity contribution in [3.05, 3.63) is 0 Å². The summed E-state index contributed by atoms with van der Waals surface area (Å²) in [6.45, 7) is 4.17. The molecular weight excluding hydrogens is 252 g/mol. The summed E-state index contributed by atoms with van der Waals surface area (Å²) in [5.41, 5.74) is 4.94. The lowest BCUT2D eigenvalue weighted by atomic mass is 10.1.